The van der Waals surface area contributed by atoms with E-state index in [1.165, 1.54) is 37.7 Å². The Labute approximate surface area is 233 Å². The Morgan fingerprint density at radius 1 is 1.18 bits per heavy atom. The SMILES string of the molecule is CNC(=O)c1cc(C2=C(C)c3c(ccc(O)c3F)OC2c2ccc(OCC(C)N3CCC(C)C3)cc2)ccc1F. The molecule has 2 heterocycles. The fourth-order valence-corrected chi connectivity index (χ4v) is 5.55. The van der Waals surface area contributed by atoms with Gasteiger partial charge in [-0.25, -0.2) is 8.78 Å². The summed E-state index contributed by atoms with van der Waals surface area (Å²) in [7, 11) is 1.43. The zero-order valence-corrected chi connectivity index (χ0v) is 23.1. The smallest absolute Gasteiger partial charge is 0.254 e. The lowest BCUT2D eigenvalue weighted by atomic mass is 9.85. The van der Waals surface area contributed by atoms with Crippen molar-refractivity contribution in [2.75, 3.05) is 26.7 Å². The second kappa shape index (κ2) is 11.3. The highest BCUT2D eigenvalue weighted by atomic mass is 19.1. The highest BCUT2D eigenvalue weighted by Crippen LogP contribution is 2.48. The van der Waals surface area contributed by atoms with Gasteiger partial charge in [-0.15, -0.1) is 0 Å². The summed E-state index contributed by atoms with van der Waals surface area (Å²) >= 11 is 0. The molecular formula is C32H34F2N2O4. The number of allylic oxidation sites excluding steroid dienone is 1. The van der Waals surface area contributed by atoms with Crippen LogP contribution in [0.4, 0.5) is 8.78 Å². The maximum Gasteiger partial charge on any atom is 0.254 e. The highest BCUT2D eigenvalue weighted by Gasteiger charge is 2.33. The molecule has 3 aromatic carbocycles. The summed E-state index contributed by atoms with van der Waals surface area (Å²) < 4.78 is 42.0. The van der Waals surface area contributed by atoms with Crippen molar-refractivity contribution in [3.8, 4) is 17.2 Å². The molecule has 3 unspecified atom stereocenters. The van der Waals surface area contributed by atoms with Crippen molar-refractivity contribution < 1.29 is 28.2 Å². The first-order valence-electron chi connectivity index (χ1n) is 13.6. The number of nitrogens with zero attached hydrogens (tertiary/aromatic N) is 1. The zero-order chi connectivity index (χ0) is 28.6. The molecule has 6 nitrogen and oxygen atoms in total. The number of phenolic OH excluding ortho intramolecular Hbond substituents is 1. The van der Waals surface area contributed by atoms with Crippen LogP contribution in [-0.2, 0) is 0 Å². The Morgan fingerprint density at radius 3 is 2.60 bits per heavy atom. The van der Waals surface area contributed by atoms with E-state index < -0.39 is 29.4 Å². The molecule has 2 N–H and O–H groups in total. The predicted octanol–water partition coefficient (Wildman–Crippen LogP) is 6.20. The number of fused-ring (bicyclic) bond motifs is 1. The van der Waals surface area contributed by atoms with Crippen LogP contribution < -0.4 is 14.8 Å². The monoisotopic (exact) mass is 548 g/mol. The Kier molecular flexibility index (Phi) is 7.81. The van der Waals surface area contributed by atoms with Crippen LogP contribution in [0.25, 0.3) is 11.1 Å². The number of carbonyl (C=O) groups excluding carboxylic acids is 1. The van der Waals surface area contributed by atoms with Gasteiger partial charge in [-0.05, 0) is 85.8 Å². The molecule has 210 valence electrons. The van der Waals surface area contributed by atoms with Gasteiger partial charge in [-0.1, -0.05) is 25.1 Å². The molecule has 1 amide bonds. The van der Waals surface area contributed by atoms with Gasteiger partial charge < -0.3 is 19.9 Å². The minimum Gasteiger partial charge on any atom is -0.505 e. The molecule has 40 heavy (non-hydrogen) atoms. The van der Waals surface area contributed by atoms with Gasteiger partial charge in [0, 0.05) is 25.2 Å². The van der Waals surface area contributed by atoms with E-state index >= 15 is 4.39 Å². The number of phenols is 1. The average Bonchev–Trinajstić information content (AvgIpc) is 3.40. The van der Waals surface area contributed by atoms with Crippen LogP contribution in [0.15, 0.2) is 54.6 Å². The van der Waals surface area contributed by atoms with Crippen LogP contribution in [-0.4, -0.2) is 48.7 Å². The van der Waals surface area contributed by atoms with Gasteiger partial charge in [-0.2, -0.15) is 0 Å². The van der Waals surface area contributed by atoms with E-state index in [1.807, 2.05) is 24.3 Å². The number of likely N-dealkylation sites (tertiary alicyclic amines) is 1. The van der Waals surface area contributed by atoms with Gasteiger partial charge in [0.05, 0.1) is 11.1 Å². The number of aromatic hydroxyl groups is 1. The Hall–Kier alpha value is -3.91. The number of halogens is 2. The lowest BCUT2D eigenvalue weighted by molar-refractivity contribution is 0.0959. The Bertz CT molecular complexity index is 1450. The third kappa shape index (κ3) is 5.28. The molecule has 3 atom stereocenters. The maximum atomic E-state index is 15.1. The molecule has 5 rings (SSSR count). The van der Waals surface area contributed by atoms with Crippen LogP contribution in [0.5, 0.6) is 17.2 Å². The quantitative estimate of drug-likeness (QED) is 0.368. The number of hydrogen-bond donors (Lipinski definition) is 2. The Balaban J connectivity index is 1.48. The second-order valence-corrected chi connectivity index (χ2v) is 10.7. The average molecular weight is 549 g/mol. The summed E-state index contributed by atoms with van der Waals surface area (Å²) in [4.78, 5) is 14.8. The van der Waals surface area contributed by atoms with Gasteiger partial charge in [-0.3, -0.25) is 9.69 Å². The van der Waals surface area contributed by atoms with Gasteiger partial charge >= 0.3 is 0 Å². The van der Waals surface area contributed by atoms with E-state index in [9.17, 15) is 14.3 Å². The van der Waals surface area contributed by atoms with Crippen LogP contribution >= 0.6 is 0 Å². The molecule has 8 heteroatoms. The molecule has 3 aromatic rings. The molecule has 0 bridgehead atoms. The maximum absolute atomic E-state index is 15.1. The highest BCUT2D eigenvalue weighted by molar-refractivity contribution is 5.99. The van der Waals surface area contributed by atoms with Crippen molar-refractivity contribution in [3.63, 3.8) is 0 Å². The third-order valence-corrected chi connectivity index (χ3v) is 7.87. The lowest BCUT2D eigenvalue weighted by Crippen LogP contribution is -2.35. The first-order valence-corrected chi connectivity index (χ1v) is 13.6. The van der Waals surface area contributed by atoms with Crippen molar-refractivity contribution in [1.29, 1.82) is 0 Å². The Morgan fingerprint density at radius 2 is 1.93 bits per heavy atom. The van der Waals surface area contributed by atoms with E-state index in [2.05, 4.69) is 24.1 Å². The fourth-order valence-electron chi connectivity index (χ4n) is 5.55. The molecule has 0 radical (unpaired) electrons. The van der Waals surface area contributed by atoms with Crippen LogP contribution in [0.3, 0.4) is 0 Å². The van der Waals surface area contributed by atoms with Gasteiger partial charge in [0.25, 0.3) is 5.91 Å². The minimum absolute atomic E-state index is 0.127. The normalized spacial score (nSPS) is 19.6. The van der Waals surface area contributed by atoms with E-state index in [-0.39, 0.29) is 16.9 Å². The van der Waals surface area contributed by atoms with Crippen molar-refractivity contribution in [1.82, 2.24) is 10.2 Å². The summed E-state index contributed by atoms with van der Waals surface area (Å²) in [5.41, 5.74) is 2.35. The summed E-state index contributed by atoms with van der Waals surface area (Å²) in [6.07, 6.45) is 0.527. The number of nitrogens with one attached hydrogen (secondary N) is 1. The second-order valence-electron chi connectivity index (χ2n) is 10.7. The fraction of sp³-hybridized carbons (Fsp3) is 0.344. The third-order valence-electron chi connectivity index (χ3n) is 7.87. The predicted molar refractivity (Wildman–Crippen MR) is 150 cm³/mol. The largest absolute Gasteiger partial charge is 0.505 e. The molecular weight excluding hydrogens is 514 g/mol. The van der Waals surface area contributed by atoms with E-state index in [0.29, 0.717) is 35.3 Å². The number of carbonyl (C=O) groups is 1. The summed E-state index contributed by atoms with van der Waals surface area (Å²) in [5.74, 6) is -0.829. The van der Waals surface area contributed by atoms with Gasteiger partial charge in [0.1, 0.15) is 30.0 Å². The first-order chi connectivity index (χ1) is 19.2. The number of amides is 1. The standard InChI is InChI=1S/C32H34F2N2O4/c1-18-13-14-36(16-18)19(2)17-39-23-8-5-21(6-9-23)31-28(22-7-10-25(33)24(15-22)32(38)35-4)20(3)29-27(40-31)12-11-26(37)30(29)34/h5-12,15,18-19,31,37H,13-14,16-17H2,1-4H3,(H,35,38). The molecule has 2 aliphatic rings. The minimum atomic E-state index is -0.801. The van der Waals surface area contributed by atoms with Crippen LogP contribution in [0.1, 0.15) is 60.3 Å². The van der Waals surface area contributed by atoms with Crippen LogP contribution in [0, 0.1) is 17.6 Å². The van der Waals surface area contributed by atoms with Gasteiger partial charge in [0.15, 0.2) is 11.6 Å². The summed E-state index contributed by atoms with van der Waals surface area (Å²) in [6, 6.07) is 14.8. The molecule has 1 saturated heterocycles. The topological polar surface area (TPSA) is 71.0 Å². The summed E-state index contributed by atoms with van der Waals surface area (Å²) in [5, 5.41) is 12.5. The number of benzene rings is 3. The van der Waals surface area contributed by atoms with E-state index in [0.717, 1.165) is 24.4 Å². The van der Waals surface area contributed by atoms with Crippen LogP contribution in [0.2, 0.25) is 0 Å². The number of hydrogen-bond acceptors (Lipinski definition) is 5. The van der Waals surface area contributed by atoms with E-state index in [1.54, 1.807) is 13.0 Å². The van der Waals surface area contributed by atoms with Crippen molar-refractivity contribution in [3.05, 3.63) is 88.5 Å². The molecule has 0 spiro atoms. The molecule has 0 saturated carbocycles. The van der Waals surface area contributed by atoms with Crippen molar-refractivity contribution in [2.24, 2.45) is 5.92 Å². The molecule has 1 fully saturated rings. The van der Waals surface area contributed by atoms with E-state index in [4.69, 9.17) is 9.47 Å². The molecule has 2 aliphatic heterocycles. The number of ether oxygens (including phenoxy) is 2. The van der Waals surface area contributed by atoms with Gasteiger partial charge in [0.2, 0.25) is 0 Å². The summed E-state index contributed by atoms with van der Waals surface area (Å²) in [6.45, 7) is 8.92. The molecule has 0 aliphatic carbocycles. The zero-order valence-electron chi connectivity index (χ0n) is 23.1. The first kappa shape index (κ1) is 27.6. The lowest BCUT2D eigenvalue weighted by Gasteiger charge is -2.31. The number of rotatable bonds is 7. The van der Waals surface area contributed by atoms with Crippen molar-refractivity contribution >= 4 is 17.1 Å². The van der Waals surface area contributed by atoms with Crippen molar-refractivity contribution in [2.45, 2.75) is 39.3 Å². The molecule has 0 aromatic heterocycles.